The predicted octanol–water partition coefficient (Wildman–Crippen LogP) is 5.74. The molecule has 0 aliphatic heterocycles. The molecule has 1 unspecified atom stereocenters. The number of imidazole rings is 1. The highest BCUT2D eigenvalue weighted by Crippen LogP contribution is 2.26. The molecule has 4 aromatic rings. The van der Waals surface area contributed by atoms with E-state index >= 15 is 0 Å². The third-order valence-corrected chi connectivity index (χ3v) is 5.88. The molecule has 4 rings (SSSR count). The topological polar surface area (TPSA) is 65.4 Å². The third-order valence-electron chi connectivity index (χ3n) is 5.88. The Morgan fingerprint density at radius 1 is 0.971 bits per heavy atom. The summed E-state index contributed by atoms with van der Waals surface area (Å²) in [5.41, 5.74) is 3.68. The molecule has 1 aromatic heterocycles. The lowest BCUT2D eigenvalue weighted by Crippen LogP contribution is -2.29. The number of carbonyl (C=O) groups excluding carboxylic acids is 1. The number of carbonyl (C=O) groups is 1. The number of methoxy groups -OCH3 is 1. The van der Waals surface area contributed by atoms with E-state index in [1.54, 1.807) is 31.4 Å². The molecule has 1 heterocycles. The minimum Gasteiger partial charge on any atom is -0.497 e. The van der Waals surface area contributed by atoms with Crippen molar-refractivity contribution < 1.29 is 14.3 Å². The molecule has 6 heteroatoms. The smallest absolute Gasteiger partial charge is 0.251 e. The van der Waals surface area contributed by atoms with Crippen molar-refractivity contribution in [2.45, 2.75) is 39.3 Å². The molecule has 0 bridgehead atoms. The fraction of sp³-hybridized carbons (Fsp3) is 0.286. The molecule has 176 valence electrons. The molecule has 0 spiro atoms. The number of rotatable bonds is 9. The average molecular weight is 458 g/mol. The lowest BCUT2D eigenvalue weighted by Gasteiger charge is -2.18. The summed E-state index contributed by atoms with van der Waals surface area (Å²) in [6, 6.07) is 22.9. The van der Waals surface area contributed by atoms with Gasteiger partial charge in [0.1, 0.15) is 23.9 Å². The minimum absolute atomic E-state index is 0.157. The first kappa shape index (κ1) is 23.4. The normalized spacial score (nSPS) is 12.0. The Balaban J connectivity index is 1.53. The number of hydrogen-bond acceptors (Lipinski definition) is 4. The SMILES string of the molecule is COc1ccc(C(=O)NC(C)c2nc3ccccc3n2CCOc2ccccc2C(C)C)cc1. The quantitative estimate of drug-likeness (QED) is 0.348. The Kier molecular flexibility index (Phi) is 7.16. The first-order valence-corrected chi connectivity index (χ1v) is 11.6. The Hall–Kier alpha value is -3.80. The van der Waals surface area contributed by atoms with Gasteiger partial charge in [-0.2, -0.15) is 0 Å². The maximum atomic E-state index is 12.8. The van der Waals surface area contributed by atoms with Gasteiger partial charge in [0.2, 0.25) is 0 Å². The van der Waals surface area contributed by atoms with Crippen LogP contribution in [0.25, 0.3) is 11.0 Å². The van der Waals surface area contributed by atoms with Crippen LogP contribution in [0.1, 0.15) is 54.5 Å². The van der Waals surface area contributed by atoms with Crippen molar-refractivity contribution in [3.63, 3.8) is 0 Å². The molecule has 1 atom stereocenters. The molecule has 6 nitrogen and oxygen atoms in total. The van der Waals surface area contributed by atoms with Gasteiger partial charge in [-0.3, -0.25) is 4.79 Å². The maximum absolute atomic E-state index is 12.8. The number of nitrogens with zero attached hydrogens (tertiary/aromatic N) is 2. The summed E-state index contributed by atoms with van der Waals surface area (Å²) in [4.78, 5) is 17.7. The summed E-state index contributed by atoms with van der Waals surface area (Å²) in [5, 5.41) is 3.08. The molecule has 0 radical (unpaired) electrons. The molecule has 0 saturated heterocycles. The minimum atomic E-state index is -0.287. The maximum Gasteiger partial charge on any atom is 0.251 e. The van der Waals surface area contributed by atoms with Gasteiger partial charge in [0, 0.05) is 5.56 Å². The van der Waals surface area contributed by atoms with Gasteiger partial charge in [0.25, 0.3) is 5.91 Å². The molecule has 3 aromatic carbocycles. The van der Waals surface area contributed by atoms with Crippen LogP contribution >= 0.6 is 0 Å². The monoisotopic (exact) mass is 457 g/mol. The molecule has 0 aliphatic carbocycles. The summed E-state index contributed by atoms with van der Waals surface area (Å²) in [6.07, 6.45) is 0. The van der Waals surface area contributed by atoms with E-state index in [0.717, 1.165) is 22.6 Å². The number of benzene rings is 3. The van der Waals surface area contributed by atoms with Crippen molar-refractivity contribution in [2.75, 3.05) is 13.7 Å². The number of ether oxygens (including phenoxy) is 2. The van der Waals surface area contributed by atoms with Gasteiger partial charge in [0.15, 0.2) is 0 Å². The largest absolute Gasteiger partial charge is 0.497 e. The number of fused-ring (bicyclic) bond motifs is 1. The van der Waals surface area contributed by atoms with Gasteiger partial charge < -0.3 is 19.4 Å². The number of nitrogens with one attached hydrogen (secondary N) is 1. The standard InChI is InChI=1S/C28H31N3O3/c1-19(2)23-9-5-8-12-26(23)34-18-17-31-25-11-7-6-10-24(25)30-27(31)20(3)29-28(32)21-13-15-22(33-4)16-14-21/h5-16,19-20H,17-18H2,1-4H3,(H,29,32). The summed E-state index contributed by atoms with van der Waals surface area (Å²) in [6.45, 7) is 7.39. The van der Waals surface area contributed by atoms with E-state index in [-0.39, 0.29) is 11.9 Å². The van der Waals surface area contributed by atoms with Crippen LogP contribution in [-0.4, -0.2) is 29.2 Å². The Morgan fingerprint density at radius 3 is 2.41 bits per heavy atom. The van der Waals surface area contributed by atoms with Crippen molar-refractivity contribution in [2.24, 2.45) is 0 Å². The Morgan fingerprint density at radius 2 is 1.68 bits per heavy atom. The average Bonchev–Trinajstić information content (AvgIpc) is 3.23. The van der Waals surface area contributed by atoms with Crippen LogP contribution in [0.5, 0.6) is 11.5 Å². The predicted molar refractivity (Wildman–Crippen MR) is 135 cm³/mol. The van der Waals surface area contributed by atoms with Crippen LogP contribution in [0.3, 0.4) is 0 Å². The lowest BCUT2D eigenvalue weighted by atomic mass is 10.0. The number of para-hydroxylation sites is 3. The van der Waals surface area contributed by atoms with E-state index in [1.807, 2.05) is 49.4 Å². The first-order chi connectivity index (χ1) is 16.5. The fourth-order valence-electron chi connectivity index (χ4n) is 4.08. The molecular formula is C28H31N3O3. The molecule has 1 amide bonds. The first-order valence-electron chi connectivity index (χ1n) is 11.6. The Bertz CT molecular complexity index is 1260. The third kappa shape index (κ3) is 5.06. The van der Waals surface area contributed by atoms with Gasteiger partial charge >= 0.3 is 0 Å². The number of hydrogen-bond donors (Lipinski definition) is 1. The van der Waals surface area contributed by atoms with Crippen LogP contribution in [-0.2, 0) is 6.54 Å². The van der Waals surface area contributed by atoms with Gasteiger partial charge in [-0.05, 0) is 60.9 Å². The van der Waals surface area contributed by atoms with Crippen LogP contribution in [0.2, 0.25) is 0 Å². The fourth-order valence-corrected chi connectivity index (χ4v) is 4.08. The number of amides is 1. The second-order valence-electron chi connectivity index (χ2n) is 8.57. The van der Waals surface area contributed by atoms with Gasteiger partial charge in [-0.15, -0.1) is 0 Å². The zero-order valence-corrected chi connectivity index (χ0v) is 20.1. The second kappa shape index (κ2) is 10.4. The zero-order valence-electron chi connectivity index (χ0n) is 20.1. The van der Waals surface area contributed by atoms with E-state index in [4.69, 9.17) is 14.5 Å². The zero-order chi connectivity index (χ0) is 24.1. The van der Waals surface area contributed by atoms with Crippen LogP contribution in [0.4, 0.5) is 0 Å². The molecule has 0 aliphatic rings. The molecule has 1 N–H and O–H groups in total. The molecular weight excluding hydrogens is 426 g/mol. The second-order valence-corrected chi connectivity index (χ2v) is 8.57. The van der Waals surface area contributed by atoms with E-state index in [0.29, 0.717) is 30.4 Å². The Labute approximate surface area is 200 Å². The van der Waals surface area contributed by atoms with Crippen LogP contribution < -0.4 is 14.8 Å². The van der Waals surface area contributed by atoms with Crippen molar-refractivity contribution in [3.05, 3.63) is 89.7 Å². The van der Waals surface area contributed by atoms with E-state index in [2.05, 4.69) is 29.8 Å². The van der Waals surface area contributed by atoms with Crippen molar-refractivity contribution in [1.29, 1.82) is 0 Å². The van der Waals surface area contributed by atoms with Crippen LogP contribution in [0, 0.1) is 0 Å². The lowest BCUT2D eigenvalue weighted by molar-refractivity contribution is 0.0937. The summed E-state index contributed by atoms with van der Waals surface area (Å²) >= 11 is 0. The van der Waals surface area contributed by atoms with Gasteiger partial charge in [-0.25, -0.2) is 4.98 Å². The highest BCUT2D eigenvalue weighted by Gasteiger charge is 2.19. The van der Waals surface area contributed by atoms with Gasteiger partial charge in [-0.1, -0.05) is 44.2 Å². The van der Waals surface area contributed by atoms with Crippen molar-refractivity contribution >= 4 is 16.9 Å². The van der Waals surface area contributed by atoms with E-state index in [1.165, 1.54) is 5.56 Å². The van der Waals surface area contributed by atoms with Crippen molar-refractivity contribution in [3.8, 4) is 11.5 Å². The molecule has 0 fully saturated rings. The van der Waals surface area contributed by atoms with Crippen molar-refractivity contribution in [1.82, 2.24) is 14.9 Å². The molecule has 34 heavy (non-hydrogen) atoms. The molecule has 0 saturated carbocycles. The van der Waals surface area contributed by atoms with E-state index in [9.17, 15) is 4.79 Å². The number of aromatic nitrogens is 2. The van der Waals surface area contributed by atoms with Crippen LogP contribution in [0.15, 0.2) is 72.8 Å². The summed E-state index contributed by atoms with van der Waals surface area (Å²) in [5.74, 6) is 2.64. The van der Waals surface area contributed by atoms with E-state index < -0.39 is 0 Å². The highest BCUT2D eigenvalue weighted by atomic mass is 16.5. The summed E-state index contributed by atoms with van der Waals surface area (Å²) < 4.78 is 13.5. The highest BCUT2D eigenvalue weighted by molar-refractivity contribution is 5.94. The summed E-state index contributed by atoms with van der Waals surface area (Å²) in [7, 11) is 1.60. The van der Waals surface area contributed by atoms with Gasteiger partial charge in [0.05, 0.1) is 30.7 Å².